The van der Waals surface area contributed by atoms with Crippen LogP contribution in [0.2, 0.25) is 0 Å². The molecule has 1 atom stereocenters. The first-order valence-electron chi connectivity index (χ1n) is 8.97. The van der Waals surface area contributed by atoms with Crippen LogP contribution in [0.5, 0.6) is 0 Å². The number of amides is 3. The summed E-state index contributed by atoms with van der Waals surface area (Å²) < 4.78 is 0. The molecule has 1 aliphatic rings. The monoisotopic (exact) mass is 418 g/mol. The standard InChI is InChI=1S/C19H22N4O3S2/c1-13-4-6-14(7-5-13)21-16(24)11-27-12-17(25)23-9-2-3-15(23)18(26)22-19-20-8-10-28-19/h4-8,10,15H,2-3,9,11-12H2,1H3,(H,21,24)(H,20,22,26). The number of carbonyl (C=O) groups is 3. The second-order valence-electron chi connectivity index (χ2n) is 6.48. The van der Waals surface area contributed by atoms with Gasteiger partial charge in [0.05, 0.1) is 11.5 Å². The van der Waals surface area contributed by atoms with Gasteiger partial charge in [-0.15, -0.1) is 23.1 Å². The van der Waals surface area contributed by atoms with E-state index >= 15 is 0 Å². The smallest absolute Gasteiger partial charge is 0.248 e. The Labute approximate surface area is 171 Å². The molecule has 0 spiro atoms. The lowest BCUT2D eigenvalue weighted by Gasteiger charge is -2.23. The molecule has 2 heterocycles. The predicted molar refractivity (Wildman–Crippen MR) is 113 cm³/mol. The van der Waals surface area contributed by atoms with Crippen molar-refractivity contribution in [2.45, 2.75) is 25.8 Å². The van der Waals surface area contributed by atoms with Crippen LogP contribution >= 0.6 is 23.1 Å². The molecule has 7 nitrogen and oxygen atoms in total. The van der Waals surface area contributed by atoms with E-state index in [0.717, 1.165) is 17.7 Å². The van der Waals surface area contributed by atoms with Gasteiger partial charge >= 0.3 is 0 Å². The van der Waals surface area contributed by atoms with Crippen molar-refractivity contribution in [2.75, 3.05) is 28.7 Å². The normalized spacial score (nSPS) is 16.0. The van der Waals surface area contributed by atoms with E-state index in [4.69, 9.17) is 0 Å². The Morgan fingerprint density at radius 2 is 2.00 bits per heavy atom. The number of hydrogen-bond acceptors (Lipinski definition) is 6. The zero-order valence-electron chi connectivity index (χ0n) is 15.5. The summed E-state index contributed by atoms with van der Waals surface area (Å²) >= 11 is 2.60. The Morgan fingerprint density at radius 1 is 1.21 bits per heavy atom. The van der Waals surface area contributed by atoms with Gasteiger partial charge in [0, 0.05) is 23.8 Å². The number of carbonyl (C=O) groups excluding carboxylic acids is 3. The van der Waals surface area contributed by atoms with Gasteiger partial charge in [-0.1, -0.05) is 17.7 Å². The van der Waals surface area contributed by atoms with Gasteiger partial charge in [-0.25, -0.2) is 4.98 Å². The highest BCUT2D eigenvalue weighted by Gasteiger charge is 2.34. The van der Waals surface area contributed by atoms with Crippen LogP contribution in [0.1, 0.15) is 18.4 Å². The average molecular weight is 419 g/mol. The molecule has 148 valence electrons. The third-order valence-corrected chi connectivity index (χ3v) is 5.94. The van der Waals surface area contributed by atoms with Crippen LogP contribution in [0.25, 0.3) is 0 Å². The summed E-state index contributed by atoms with van der Waals surface area (Å²) in [4.78, 5) is 42.6. The molecule has 1 fully saturated rings. The highest BCUT2D eigenvalue weighted by Crippen LogP contribution is 2.21. The fraction of sp³-hybridized carbons (Fsp3) is 0.368. The summed E-state index contributed by atoms with van der Waals surface area (Å²) in [5, 5.41) is 7.88. The Bertz CT molecular complexity index is 824. The number of thiazole rings is 1. The molecular formula is C19H22N4O3S2. The van der Waals surface area contributed by atoms with Crippen LogP contribution < -0.4 is 10.6 Å². The molecule has 1 aromatic carbocycles. The van der Waals surface area contributed by atoms with Gasteiger partial charge in [0.15, 0.2) is 5.13 Å². The fourth-order valence-corrected chi connectivity index (χ4v) is 4.19. The first-order valence-corrected chi connectivity index (χ1v) is 11.0. The highest BCUT2D eigenvalue weighted by atomic mass is 32.2. The first-order chi connectivity index (χ1) is 13.5. The summed E-state index contributed by atoms with van der Waals surface area (Å²) in [6, 6.07) is 7.07. The van der Waals surface area contributed by atoms with E-state index in [1.807, 2.05) is 31.2 Å². The van der Waals surface area contributed by atoms with E-state index < -0.39 is 6.04 Å². The van der Waals surface area contributed by atoms with Crippen LogP contribution in [-0.4, -0.2) is 51.7 Å². The molecule has 9 heteroatoms. The lowest BCUT2D eigenvalue weighted by molar-refractivity contribution is -0.134. The second kappa shape index (κ2) is 9.70. The number of likely N-dealkylation sites (tertiary alicyclic amines) is 1. The van der Waals surface area contributed by atoms with Gasteiger partial charge < -0.3 is 15.5 Å². The zero-order valence-corrected chi connectivity index (χ0v) is 17.1. The van der Waals surface area contributed by atoms with E-state index in [-0.39, 0.29) is 29.2 Å². The summed E-state index contributed by atoms with van der Waals surface area (Å²) in [6.07, 6.45) is 3.05. The van der Waals surface area contributed by atoms with E-state index in [1.165, 1.54) is 23.1 Å². The van der Waals surface area contributed by atoms with Gasteiger partial charge in [0.1, 0.15) is 6.04 Å². The molecule has 2 N–H and O–H groups in total. The highest BCUT2D eigenvalue weighted by molar-refractivity contribution is 8.00. The van der Waals surface area contributed by atoms with Crippen LogP contribution in [0.15, 0.2) is 35.8 Å². The SMILES string of the molecule is Cc1ccc(NC(=O)CSCC(=O)N2CCCC2C(=O)Nc2nccs2)cc1. The molecular weight excluding hydrogens is 396 g/mol. The molecule has 0 aliphatic carbocycles. The van der Waals surface area contributed by atoms with Crippen molar-refractivity contribution >= 4 is 51.6 Å². The summed E-state index contributed by atoms with van der Waals surface area (Å²) in [7, 11) is 0. The molecule has 0 radical (unpaired) electrons. The topological polar surface area (TPSA) is 91.4 Å². The maximum atomic E-state index is 12.5. The van der Waals surface area contributed by atoms with E-state index in [1.54, 1.807) is 16.5 Å². The molecule has 1 saturated heterocycles. The van der Waals surface area contributed by atoms with Crippen molar-refractivity contribution in [3.8, 4) is 0 Å². The minimum Gasteiger partial charge on any atom is -0.330 e. The number of aryl methyl sites for hydroxylation is 1. The number of rotatable bonds is 7. The van der Waals surface area contributed by atoms with Crippen LogP contribution in [0.3, 0.4) is 0 Å². The molecule has 28 heavy (non-hydrogen) atoms. The predicted octanol–water partition coefficient (Wildman–Crippen LogP) is 2.75. The second-order valence-corrected chi connectivity index (χ2v) is 8.36. The summed E-state index contributed by atoms with van der Waals surface area (Å²) in [6.45, 7) is 2.54. The van der Waals surface area contributed by atoms with Crippen molar-refractivity contribution in [1.29, 1.82) is 0 Å². The van der Waals surface area contributed by atoms with Gasteiger partial charge in [0.25, 0.3) is 0 Å². The molecule has 1 unspecified atom stereocenters. The number of nitrogens with zero attached hydrogens (tertiary/aromatic N) is 2. The van der Waals surface area contributed by atoms with E-state index in [9.17, 15) is 14.4 Å². The quantitative estimate of drug-likeness (QED) is 0.721. The minimum absolute atomic E-state index is 0.120. The number of benzene rings is 1. The van der Waals surface area contributed by atoms with Gasteiger partial charge in [-0.2, -0.15) is 0 Å². The lowest BCUT2D eigenvalue weighted by Crippen LogP contribution is -2.44. The van der Waals surface area contributed by atoms with Crippen molar-refractivity contribution in [3.63, 3.8) is 0 Å². The number of nitrogens with one attached hydrogen (secondary N) is 2. The summed E-state index contributed by atoms with van der Waals surface area (Å²) in [5.74, 6) is -0.125. The van der Waals surface area contributed by atoms with Crippen LogP contribution in [-0.2, 0) is 14.4 Å². The summed E-state index contributed by atoms with van der Waals surface area (Å²) in [5.41, 5.74) is 1.86. The largest absolute Gasteiger partial charge is 0.330 e. The van der Waals surface area contributed by atoms with E-state index in [2.05, 4.69) is 15.6 Å². The third kappa shape index (κ3) is 5.56. The van der Waals surface area contributed by atoms with Gasteiger partial charge in [-0.3, -0.25) is 14.4 Å². The van der Waals surface area contributed by atoms with Gasteiger partial charge in [-0.05, 0) is 31.9 Å². The molecule has 3 rings (SSSR count). The third-order valence-electron chi connectivity index (χ3n) is 4.33. The number of hydrogen-bond donors (Lipinski definition) is 2. The van der Waals surface area contributed by atoms with Crippen molar-refractivity contribution < 1.29 is 14.4 Å². The Hall–Kier alpha value is -2.39. The fourth-order valence-electron chi connectivity index (χ4n) is 2.96. The number of thioether (sulfide) groups is 1. The number of aromatic nitrogens is 1. The van der Waals surface area contributed by atoms with Crippen LogP contribution in [0, 0.1) is 6.92 Å². The number of anilines is 2. The first kappa shape index (κ1) is 20.3. The van der Waals surface area contributed by atoms with Crippen molar-refractivity contribution in [3.05, 3.63) is 41.4 Å². The Balaban J connectivity index is 1.43. The van der Waals surface area contributed by atoms with Gasteiger partial charge in [0.2, 0.25) is 17.7 Å². The van der Waals surface area contributed by atoms with E-state index in [0.29, 0.717) is 18.1 Å². The minimum atomic E-state index is -0.474. The maximum Gasteiger partial charge on any atom is 0.248 e. The molecule has 0 saturated carbocycles. The Morgan fingerprint density at radius 3 is 2.71 bits per heavy atom. The lowest BCUT2D eigenvalue weighted by atomic mass is 10.2. The molecule has 0 bridgehead atoms. The Kier molecular flexibility index (Phi) is 7.05. The van der Waals surface area contributed by atoms with Crippen LogP contribution in [0.4, 0.5) is 10.8 Å². The van der Waals surface area contributed by atoms with Crippen molar-refractivity contribution in [1.82, 2.24) is 9.88 Å². The molecule has 1 aliphatic heterocycles. The van der Waals surface area contributed by atoms with Crippen molar-refractivity contribution in [2.24, 2.45) is 0 Å². The zero-order chi connectivity index (χ0) is 19.9. The maximum absolute atomic E-state index is 12.5. The molecule has 2 aromatic rings. The average Bonchev–Trinajstić information content (AvgIpc) is 3.35. The molecule has 1 aromatic heterocycles. The molecule has 3 amide bonds.